The van der Waals surface area contributed by atoms with E-state index in [2.05, 4.69) is 72.7 Å². The highest BCUT2D eigenvalue weighted by Gasteiger charge is 2.17. The van der Waals surface area contributed by atoms with Crippen LogP contribution in [0.4, 0.5) is 0 Å². The summed E-state index contributed by atoms with van der Waals surface area (Å²) in [7, 11) is 0. The Balaban J connectivity index is 2.05. The Morgan fingerprint density at radius 2 is 1.92 bits per heavy atom. The van der Waals surface area contributed by atoms with Crippen LogP contribution in [0.15, 0.2) is 48.2 Å². The Morgan fingerprint density at radius 1 is 1.08 bits per heavy atom. The van der Waals surface area contributed by atoms with Crippen LogP contribution in [-0.2, 0) is 4.74 Å². The maximum absolute atomic E-state index is 5.53. The number of benzene rings is 1. The highest BCUT2D eigenvalue weighted by molar-refractivity contribution is 5.71. The van der Waals surface area contributed by atoms with E-state index >= 15 is 0 Å². The minimum atomic E-state index is 0.707. The summed E-state index contributed by atoms with van der Waals surface area (Å²) >= 11 is 0. The average Bonchev–Trinajstić information content (AvgIpc) is 2.87. The van der Waals surface area contributed by atoms with Gasteiger partial charge in [0.2, 0.25) is 0 Å². The summed E-state index contributed by atoms with van der Waals surface area (Å²) in [4.78, 5) is 0. The number of hydrogen-bond donors (Lipinski definition) is 0. The zero-order valence-corrected chi connectivity index (χ0v) is 14.9. The van der Waals surface area contributed by atoms with Gasteiger partial charge in [0.05, 0.1) is 18.6 Å². The van der Waals surface area contributed by atoms with Crippen LogP contribution < -0.4 is 10.6 Å². The van der Waals surface area contributed by atoms with E-state index in [0.717, 1.165) is 19.4 Å². The van der Waals surface area contributed by atoms with Crippen molar-refractivity contribution in [3.8, 4) is 5.69 Å². The molecule has 4 rings (SSSR count). The van der Waals surface area contributed by atoms with Crippen molar-refractivity contribution in [3.63, 3.8) is 0 Å². The molecule has 1 aromatic heterocycles. The lowest BCUT2D eigenvalue weighted by Crippen LogP contribution is -2.30. The lowest BCUT2D eigenvalue weighted by molar-refractivity contribution is 0.161. The molecule has 0 saturated heterocycles. The summed E-state index contributed by atoms with van der Waals surface area (Å²) in [5.74, 6) is 0. The highest BCUT2D eigenvalue weighted by atomic mass is 16.5. The normalized spacial score (nSPS) is 19.0. The standard InChI is InChI=1S/C23H23NO/c1-17-9-11-20(12-10-17)24-18(2)23(19-13-15-25-16-14-19)21-7-5-3-4-6-8-22(21)24/h4-5,7-13H,6,14-16H2,1-2H3/b21-7+,22-8+. The van der Waals surface area contributed by atoms with Crippen LogP contribution in [0.2, 0.25) is 0 Å². The number of nitrogens with zero attached hydrogens (tertiary/aromatic N) is 1. The van der Waals surface area contributed by atoms with Crippen LogP contribution >= 0.6 is 0 Å². The first-order valence-corrected chi connectivity index (χ1v) is 8.92. The lowest BCUT2D eigenvalue weighted by atomic mass is 9.99. The van der Waals surface area contributed by atoms with Crippen LogP contribution in [0.25, 0.3) is 23.4 Å². The molecule has 1 aromatic carbocycles. The van der Waals surface area contributed by atoms with E-state index in [9.17, 15) is 0 Å². The fourth-order valence-corrected chi connectivity index (χ4v) is 3.73. The molecule has 2 heterocycles. The Morgan fingerprint density at radius 3 is 2.68 bits per heavy atom. The smallest absolute Gasteiger partial charge is 0.0653 e. The first-order chi connectivity index (χ1) is 12.3. The zero-order chi connectivity index (χ0) is 17.2. The Bertz CT molecular complexity index is 1010. The number of fused-ring (bicyclic) bond motifs is 1. The maximum Gasteiger partial charge on any atom is 0.0653 e. The molecule has 1 aliphatic carbocycles. The minimum Gasteiger partial charge on any atom is -0.377 e. The van der Waals surface area contributed by atoms with Crippen molar-refractivity contribution >= 4 is 17.7 Å². The van der Waals surface area contributed by atoms with Crippen molar-refractivity contribution in [2.75, 3.05) is 13.2 Å². The molecule has 0 fully saturated rings. The van der Waals surface area contributed by atoms with E-state index in [1.54, 1.807) is 0 Å². The number of allylic oxidation sites excluding steroid dienone is 1. The Labute approximate surface area is 148 Å². The third-order valence-corrected chi connectivity index (χ3v) is 4.95. The van der Waals surface area contributed by atoms with Gasteiger partial charge in [-0.2, -0.15) is 0 Å². The first-order valence-electron chi connectivity index (χ1n) is 8.92. The molecule has 0 spiro atoms. The molecule has 0 unspecified atom stereocenters. The van der Waals surface area contributed by atoms with Gasteiger partial charge in [0.15, 0.2) is 0 Å². The number of hydrogen-bond acceptors (Lipinski definition) is 1. The average molecular weight is 329 g/mol. The van der Waals surface area contributed by atoms with E-state index in [-0.39, 0.29) is 0 Å². The third-order valence-electron chi connectivity index (χ3n) is 4.95. The van der Waals surface area contributed by atoms with Gasteiger partial charge in [-0.15, -0.1) is 5.73 Å². The fraction of sp³-hybridized carbons (Fsp3) is 0.261. The van der Waals surface area contributed by atoms with Crippen molar-refractivity contribution in [1.82, 2.24) is 4.57 Å². The molecule has 0 N–H and O–H groups in total. The van der Waals surface area contributed by atoms with Gasteiger partial charge < -0.3 is 9.30 Å². The van der Waals surface area contributed by atoms with Gasteiger partial charge in [0, 0.05) is 22.2 Å². The van der Waals surface area contributed by atoms with Crippen LogP contribution in [0.5, 0.6) is 0 Å². The van der Waals surface area contributed by atoms with Gasteiger partial charge in [0.25, 0.3) is 0 Å². The number of aromatic nitrogens is 1. The van der Waals surface area contributed by atoms with Crippen LogP contribution in [0, 0.1) is 13.8 Å². The first kappa shape index (κ1) is 16.0. The summed E-state index contributed by atoms with van der Waals surface area (Å²) in [5.41, 5.74) is 9.79. The van der Waals surface area contributed by atoms with Gasteiger partial charge in [-0.1, -0.05) is 29.8 Å². The molecule has 0 bridgehead atoms. The van der Waals surface area contributed by atoms with Gasteiger partial charge in [-0.05, 0) is 62.6 Å². The largest absolute Gasteiger partial charge is 0.377 e. The second-order valence-electron chi connectivity index (χ2n) is 6.63. The second kappa shape index (κ2) is 6.76. The minimum absolute atomic E-state index is 0.707. The van der Waals surface area contributed by atoms with E-state index < -0.39 is 0 Å². The van der Waals surface area contributed by atoms with E-state index in [1.807, 2.05) is 6.08 Å². The van der Waals surface area contributed by atoms with E-state index in [4.69, 9.17) is 4.74 Å². The molecule has 2 nitrogen and oxygen atoms in total. The molecule has 2 heteroatoms. The third kappa shape index (κ3) is 2.95. The maximum atomic E-state index is 5.53. The molecule has 2 aliphatic rings. The zero-order valence-electron chi connectivity index (χ0n) is 14.9. The molecular weight excluding hydrogens is 306 g/mol. The van der Waals surface area contributed by atoms with Crippen molar-refractivity contribution in [2.45, 2.75) is 26.7 Å². The second-order valence-corrected chi connectivity index (χ2v) is 6.63. The molecule has 0 atom stereocenters. The van der Waals surface area contributed by atoms with E-state index in [0.29, 0.717) is 6.61 Å². The van der Waals surface area contributed by atoms with Crippen LogP contribution in [0.1, 0.15) is 29.7 Å². The van der Waals surface area contributed by atoms with Crippen LogP contribution in [-0.4, -0.2) is 17.8 Å². The van der Waals surface area contributed by atoms with Crippen molar-refractivity contribution < 1.29 is 4.74 Å². The molecule has 126 valence electrons. The van der Waals surface area contributed by atoms with Crippen molar-refractivity contribution in [2.24, 2.45) is 0 Å². The molecule has 1 aliphatic heterocycles. The summed E-state index contributed by atoms with van der Waals surface area (Å²) in [6, 6.07) is 8.79. The number of ether oxygens (including phenoxy) is 1. The molecule has 2 aromatic rings. The molecule has 25 heavy (non-hydrogen) atoms. The molecular formula is C23H23NO. The SMILES string of the molecule is Cc1ccc(-n2c(C)c(C3=CCOCC3)c3/c2=C\CC=C=C\C=3)cc1. The topological polar surface area (TPSA) is 14.2 Å². The van der Waals surface area contributed by atoms with Crippen LogP contribution in [0.3, 0.4) is 0 Å². The van der Waals surface area contributed by atoms with E-state index in [1.165, 1.54) is 38.6 Å². The fourth-order valence-electron chi connectivity index (χ4n) is 3.73. The molecule has 0 amide bonds. The molecule has 0 saturated carbocycles. The summed E-state index contributed by atoms with van der Waals surface area (Å²) in [6.45, 7) is 5.87. The summed E-state index contributed by atoms with van der Waals surface area (Å²) in [6.07, 6.45) is 12.7. The Kier molecular flexibility index (Phi) is 4.31. The lowest BCUT2D eigenvalue weighted by Gasteiger charge is -2.14. The number of aryl methyl sites for hydroxylation is 1. The number of rotatable bonds is 2. The van der Waals surface area contributed by atoms with Gasteiger partial charge in [-0.25, -0.2) is 0 Å². The monoisotopic (exact) mass is 329 g/mol. The van der Waals surface area contributed by atoms with Gasteiger partial charge in [-0.3, -0.25) is 0 Å². The predicted octanol–water partition coefficient (Wildman–Crippen LogP) is 3.57. The highest BCUT2D eigenvalue weighted by Crippen LogP contribution is 2.23. The Hall–Kier alpha value is -2.54. The quantitative estimate of drug-likeness (QED) is 0.768. The summed E-state index contributed by atoms with van der Waals surface area (Å²) in [5, 5.41) is 2.57. The molecule has 0 radical (unpaired) electrons. The predicted molar refractivity (Wildman–Crippen MR) is 104 cm³/mol. The van der Waals surface area contributed by atoms with Gasteiger partial charge >= 0.3 is 0 Å². The summed E-state index contributed by atoms with van der Waals surface area (Å²) < 4.78 is 7.92. The van der Waals surface area contributed by atoms with Crippen molar-refractivity contribution in [1.29, 1.82) is 0 Å². The van der Waals surface area contributed by atoms with Gasteiger partial charge in [0.1, 0.15) is 0 Å². The van der Waals surface area contributed by atoms with Crippen molar-refractivity contribution in [3.05, 3.63) is 75.6 Å².